The monoisotopic (exact) mass is 359 g/mol. The molecule has 0 aliphatic rings. The van der Waals surface area contributed by atoms with Crippen LogP contribution in [0.3, 0.4) is 0 Å². The largest absolute Gasteiger partial charge is 0.497 e. The Morgan fingerprint density at radius 3 is 2.70 bits per heavy atom. The van der Waals surface area contributed by atoms with Crippen molar-refractivity contribution in [1.29, 1.82) is 0 Å². The van der Waals surface area contributed by atoms with E-state index in [-0.39, 0.29) is 0 Å². The van der Waals surface area contributed by atoms with Gasteiger partial charge in [0.25, 0.3) is 0 Å². The number of nitrogens with one attached hydrogen (secondary N) is 1. The molecule has 23 heavy (non-hydrogen) atoms. The van der Waals surface area contributed by atoms with Gasteiger partial charge in [-0.25, -0.2) is 9.97 Å². The normalized spacial score (nSPS) is 11.2. The Morgan fingerprint density at radius 1 is 1.04 bits per heavy atom. The standard InChI is InChI=1S/C16H13N3OS3/c1-20-9-6-7-10-13(8-9)23-15(17-10)19-16-18-14-11(21-2)4-3-5-12(14)22-16/h3-8H,1-2H3,(H,17,18,19). The fourth-order valence-corrected chi connectivity index (χ4v) is 4.80. The summed E-state index contributed by atoms with van der Waals surface area (Å²) in [6, 6.07) is 12.2. The van der Waals surface area contributed by atoms with E-state index in [4.69, 9.17) is 9.72 Å². The van der Waals surface area contributed by atoms with Gasteiger partial charge >= 0.3 is 0 Å². The first kappa shape index (κ1) is 14.7. The fourth-order valence-electron chi connectivity index (χ4n) is 2.32. The summed E-state index contributed by atoms with van der Waals surface area (Å²) in [6.07, 6.45) is 2.07. The number of ether oxygens (including phenoxy) is 1. The number of fused-ring (bicyclic) bond motifs is 2. The molecule has 2 aromatic carbocycles. The highest BCUT2D eigenvalue weighted by Gasteiger charge is 2.10. The zero-order valence-corrected chi connectivity index (χ0v) is 14.9. The van der Waals surface area contributed by atoms with Crippen molar-refractivity contribution in [2.24, 2.45) is 0 Å². The summed E-state index contributed by atoms with van der Waals surface area (Å²) >= 11 is 4.96. The Kier molecular flexibility index (Phi) is 3.84. The molecule has 0 saturated carbocycles. The van der Waals surface area contributed by atoms with Crippen LogP contribution in [0.15, 0.2) is 41.3 Å². The molecule has 4 rings (SSSR count). The van der Waals surface area contributed by atoms with Crippen LogP contribution >= 0.6 is 34.4 Å². The molecule has 0 aliphatic carbocycles. The van der Waals surface area contributed by atoms with Gasteiger partial charge in [0.15, 0.2) is 10.3 Å². The molecule has 4 nitrogen and oxygen atoms in total. The second kappa shape index (κ2) is 5.99. The minimum atomic E-state index is 0.845. The van der Waals surface area contributed by atoms with Crippen molar-refractivity contribution in [3.05, 3.63) is 36.4 Å². The number of nitrogens with zero attached hydrogens (tertiary/aromatic N) is 2. The Labute approximate surface area is 145 Å². The molecule has 2 heterocycles. The van der Waals surface area contributed by atoms with Crippen LogP contribution < -0.4 is 10.1 Å². The number of hydrogen-bond donors (Lipinski definition) is 1. The maximum absolute atomic E-state index is 5.26. The van der Waals surface area contributed by atoms with Gasteiger partial charge in [0.2, 0.25) is 0 Å². The van der Waals surface area contributed by atoms with Gasteiger partial charge in [-0.05, 0) is 36.6 Å². The lowest BCUT2D eigenvalue weighted by Gasteiger charge is -1.96. The number of rotatable bonds is 4. The van der Waals surface area contributed by atoms with Crippen molar-refractivity contribution in [2.75, 3.05) is 18.7 Å². The van der Waals surface area contributed by atoms with Crippen molar-refractivity contribution in [3.8, 4) is 5.75 Å². The topological polar surface area (TPSA) is 47.0 Å². The predicted molar refractivity (Wildman–Crippen MR) is 101 cm³/mol. The molecule has 0 spiro atoms. The van der Waals surface area contributed by atoms with Crippen molar-refractivity contribution in [2.45, 2.75) is 4.90 Å². The number of thioether (sulfide) groups is 1. The summed E-state index contributed by atoms with van der Waals surface area (Å²) in [5, 5.41) is 5.05. The zero-order chi connectivity index (χ0) is 15.8. The maximum Gasteiger partial charge on any atom is 0.190 e. The highest BCUT2D eigenvalue weighted by Crippen LogP contribution is 2.35. The molecule has 1 N–H and O–H groups in total. The minimum Gasteiger partial charge on any atom is -0.497 e. The third kappa shape index (κ3) is 2.75. The Balaban J connectivity index is 1.70. The maximum atomic E-state index is 5.26. The van der Waals surface area contributed by atoms with Gasteiger partial charge in [-0.15, -0.1) is 11.8 Å². The molecule has 7 heteroatoms. The predicted octanol–water partition coefficient (Wildman–Crippen LogP) is 5.38. The van der Waals surface area contributed by atoms with E-state index in [1.807, 2.05) is 18.2 Å². The third-order valence-corrected chi connectivity index (χ3v) is 6.05. The molecule has 0 amide bonds. The summed E-state index contributed by atoms with van der Waals surface area (Å²) in [4.78, 5) is 10.5. The first-order valence-electron chi connectivity index (χ1n) is 6.92. The van der Waals surface area contributed by atoms with E-state index in [0.29, 0.717) is 0 Å². The van der Waals surface area contributed by atoms with Gasteiger partial charge in [-0.3, -0.25) is 0 Å². The van der Waals surface area contributed by atoms with Crippen LogP contribution in [0.1, 0.15) is 0 Å². The van der Waals surface area contributed by atoms with Gasteiger partial charge in [0.05, 0.1) is 27.5 Å². The number of para-hydroxylation sites is 1. The Morgan fingerprint density at radius 2 is 1.87 bits per heavy atom. The number of aromatic nitrogens is 2. The molecular formula is C16H13N3OS3. The molecule has 0 atom stereocenters. The van der Waals surface area contributed by atoms with Crippen molar-refractivity contribution < 1.29 is 4.74 Å². The lowest BCUT2D eigenvalue weighted by atomic mass is 10.3. The average molecular weight is 360 g/mol. The Bertz CT molecular complexity index is 993. The SMILES string of the molecule is COc1ccc2nc(Nc3nc4c(SC)cccc4s3)sc2c1. The van der Waals surface area contributed by atoms with Crippen LogP contribution in [-0.2, 0) is 0 Å². The van der Waals surface area contributed by atoms with Crippen molar-refractivity contribution in [3.63, 3.8) is 0 Å². The summed E-state index contributed by atoms with van der Waals surface area (Å²) in [6.45, 7) is 0. The number of hydrogen-bond acceptors (Lipinski definition) is 7. The molecule has 0 radical (unpaired) electrons. The summed E-state index contributed by atoms with van der Waals surface area (Å²) in [5.74, 6) is 0.845. The first-order chi connectivity index (χ1) is 11.3. The molecule has 0 bridgehead atoms. The molecule has 2 aromatic heterocycles. The van der Waals surface area contributed by atoms with Crippen LogP contribution in [-0.4, -0.2) is 23.3 Å². The molecule has 0 saturated heterocycles. The van der Waals surface area contributed by atoms with Gasteiger partial charge in [0.1, 0.15) is 5.75 Å². The van der Waals surface area contributed by atoms with Crippen LogP contribution in [0.2, 0.25) is 0 Å². The van der Waals surface area contributed by atoms with E-state index in [1.54, 1.807) is 41.5 Å². The van der Waals surface area contributed by atoms with Crippen LogP contribution in [0, 0.1) is 0 Å². The summed E-state index contributed by atoms with van der Waals surface area (Å²) < 4.78 is 7.54. The van der Waals surface area contributed by atoms with E-state index < -0.39 is 0 Å². The lowest BCUT2D eigenvalue weighted by molar-refractivity contribution is 0.415. The van der Waals surface area contributed by atoms with E-state index in [0.717, 1.165) is 31.7 Å². The second-order valence-corrected chi connectivity index (χ2v) is 7.71. The van der Waals surface area contributed by atoms with E-state index >= 15 is 0 Å². The molecule has 4 aromatic rings. The summed E-state index contributed by atoms with van der Waals surface area (Å²) in [7, 11) is 1.67. The van der Waals surface area contributed by atoms with Crippen molar-refractivity contribution in [1.82, 2.24) is 9.97 Å². The van der Waals surface area contributed by atoms with Crippen LogP contribution in [0.25, 0.3) is 20.4 Å². The smallest absolute Gasteiger partial charge is 0.190 e. The third-order valence-electron chi connectivity index (χ3n) is 3.41. The molecule has 0 fully saturated rings. The molecule has 0 aliphatic heterocycles. The zero-order valence-electron chi connectivity index (χ0n) is 12.5. The van der Waals surface area contributed by atoms with Gasteiger partial charge in [-0.2, -0.15) is 0 Å². The van der Waals surface area contributed by atoms with E-state index in [1.165, 1.54) is 9.60 Å². The number of methoxy groups -OCH3 is 1. The number of thiazole rings is 2. The van der Waals surface area contributed by atoms with E-state index in [9.17, 15) is 0 Å². The second-order valence-electron chi connectivity index (χ2n) is 4.80. The van der Waals surface area contributed by atoms with Gasteiger partial charge in [0, 0.05) is 4.90 Å². The van der Waals surface area contributed by atoms with Gasteiger partial charge < -0.3 is 10.1 Å². The Hall–Kier alpha value is -1.83. The lowest BCUT2D eigenvalue weighted by Crippen LogP contribution is -1.87. The molecular weight excluding hydrogens is 346 g/mol. The number of anilines is 2. The number of benzene rings is 2. The quantitative estimate of drug-likeness (QED) is 0.496. The van der Waals surface area contributed by atoms with Gasteiger partial charge in [-0.1, -0.05) is 28.7 Å². The minimum absolute atomic E-state index is 0.845. The molecule has 116 valence electrons. The van der Waals surface area contributed by atoms with E-state index in [2.05, 4.69) is 34.8 Å². The highest BCUT2D eigenvalue weighted by atomic mass is 32.2. The average Bonchev–Trinajstić information content (AvgIpc) is 3.16. The highest BCUT2D eigenvalue weighted by molar-refractivity contribution is 7.98. The van der Waals surface area contributed by atoms with Crippen molar-refractivity contribution >= 4 is 65.1 Å². The van der Waals surface area contributed by atoms with Crippen LogP contribution in [0.5, 0.6) is 5.75 Å². The molecule has 0 unspecified atom stereocenters. The summed E-state index contributed by atoms with van der Waals surface area (Å²) in [5.41, 5.74) is 2.01. The fraction of sp³-hybridized carbons (Fsp3) is 0.125. The first-order valence-corrected chi connectivity index (χ1v) is 9.78. The van der Waals surface area contributed by atoms with Crippen LogP contribution in [0.4, 0.5) is 10.3 Å².